The number of aromatic nitrogens is 1. The van der Waals surface area contributed by atoms with Gasteiger partial charge in [0.1, 0.15) is 11.3 Å². The Bertz CT molecular complexity index is 489. The van der Waals surface area contributed by atoms with Crippen molar-refractivity contribution in [3.63, 3.8) is 0 Å². The lowest BCUT2D eigenvalue weighted by atomic mass is 10.1. The van der Waals surface area contributed by atoms with E-state index in [1.54, 1.807) is 12.3 Å². The predicted molar refractivity (Wildman–Crippen MR) is 54.9 cm³/mol. The number of carboxylic acids is 1. The average Bonchev–Trinajstić information content (AvgIpc) is 2.71. The van der Waals surface area contributed by atoms with E-state index in [0.29, 0.717) is 0 Å². The number of aromatic hydroxyl groups is 1. The van der Waals surface area contributed by atoms with Crippen molar-refractivity contribution in [1.29, 1.82) is 0 Å². The van der Waals surface area contributed by atoms with Gasteiger partial charge in [0.05, 0.1) is 0 Å². The van der Waals surface area contributed by atoms with Gasteiger partial charge < -0.3 is 15.2 Å². The molecule has 1 heterocycles. The molecule has 0 saturated carbocycles. The molecular formula is C11H9NO3. The lowest BCUT2D eigenvalue weighted by molar-refractivity contribution is 0.0694. The highest BCUT2D eigenvalue weighted by molar-refractivity contribution is 5.92. The molecule has 0 aliphatic carbocycles. The van der Waals surface area contributed by atoms with Crippen LogP contribution in [0.3, 0.4) is 0 Å². The Morgan fingerprint density at radius 1 is 1.27 bits per heavy atom. The predicted octanol–water partition coefficient (Wildman–Crippen LogP) is 2.09. The topological polar surface area (TPSA) is 73.3 Å². The van der Waals surface area contributed by atoms with Crippen LogP contribution in [-0.2, 0) is 0 Å². The highest BCUT2D eigenvalue weighted by Gasteiger charge is 2.10. The first-order chi connectivity index (χ1) is 7.18. The minimum Gasteiger partial charge on any atom is -0.507 e. The molecule has 0 aliphatic rings. The number of hydrogen-bond acceptors (Lipinski definition) is 2. The van der Waals surface area contributed by atoms with Gasteiger partial charge in [0.15, 0.2) is 0 Å². The van der Waals surface area contributed by atoms with Gasteiger partial charge in [-0.15, -0.1) is 0 Å². The van der Waals surface area contributed by atoms with Gasteiger partial charge in [0, 0.05) is 11.9 Å². The van der Waals surface area contributed by atoms with Gasteiger partial charge in [-0.1, -0.05) is 0 Å². The Hall–Kier alpha value is -2.23. The van der Waals surface area contributed by atoms with Crippen molar-refractivity contribution in [3.05, 3.63) is 42.1 Å². The first-order valence-corrected chi connectivity index (χ1v) is 4.38. The molecule has 1 aromatic heterocycles. The first-order valence-electron chi connectivity index (χ1n) is 4.38. The summed E-state index contributed by atoms with van der Waals surface area (Å²) in [5.74, 6) is -1.36. The normalized spacial score (nSPS) is 10.1. The summed E-state index contributed by atoms with van der Waals surface area (Å²) >= 11 is 0. The molecule has 1 aromatic carbocycles. The third kappa shape index (κ3) is 1.69. The van der Waals surface area contributed by atoms with Crippen molar-refractivity contribution >= 4 is 5.97 Å². The van der Waals surface area contributed by atoms with E-state index in [1.165, 1.54) is 12.1 Å². The molecule has 2 aromatic rings. The molecule has 15 heavy (non-hydrogen) atoms. The summed E-state index contributed by atoms with van der Waals surface area (Å²) in [6, 6.07) is 8.12. The highest BCUT2D eigenvalue weighted by atomic mass is 16.4. The molecule has 0 saturated heterocycles. The van der Waals surface area contributed by atoms with Crippen molar-refractivity contribution in [3.8, 4) is 17.0 Å². The van der Waals surface area contributed by atoms with Crippen LogP contribution in [0.4, 0.5) is 0 Å². The summed E-state index contributed by atoms with van der Waals surface area (Å²) in [6.45, 7) is 0. The minimum atomic E-state index is -1.14. The van der Waals surface area contributed by atoms with Crippen molar-refractivity contribution in [2.24, 2.45) is 0 Å². The molecule has 0 fully saturated rings. The SMILES string of the molecule is O=C(O)c1cc(-c2ccc[nH]2)ccc1O. The molecule has 0 radical (unpaired) electrons. The van der Waals surface area contributed by atoms with Crippen molar-refractivity contribution in [2.75, 3.05) is 0 Å². The molecule has 0 aliphatic heterocycles. The van der Waals surface area contributed by atoms with E-state index < -0.39 is 5.97 Å². The summed E-state index contributed by atoms with van der Waals surface area (Å²) < 4.78 is 0. The van der Waals surface area contributed by atoms with Crippen molar-refractivity contribution in [2.45, 2.75) is 0 Å². The standard InChI is InChI=1S/C11H9NO3/c13-10-4-3-7(6-8(10)11(14)15)9-2-1-5-12-9/h1-6,12-13H,(H,14,15). The number of benzene rings is 1. The Morgan fingerprint density at radius 3 is 2.67 bits per heavy atom. The van der Waals surface area contributed by atoms with Gasteiger partial charge in [0.2, 0.25) is 0 Å². The highest BCUT2D eigenvalue weighted by Crippen LogP contribution is 2.24. The van der Waals surface area contributed by atoms with Gasteiger partial charge in [-0.05, 0) is 35.9 Å². The molecule has 4 nitrogen and oxygen atoms in total. The van der Waals surface area contributed by atoms with Crippen LogP contribution in [-0.4, -0.2) is 21.2 Å². The number of aromatic carboxylic acids is 1. The van der Waals surface area contributed by atoms with E-state index >= 15 is 0 Å². The maximum atomic E-state index is 10.8. The maximum absolute atomic E-state index is 10.8. The largest absolute Gasteiger partial charge is 0.507 e. The molecule has 2 rings (SSSR count). The third-order valence-electron chi connectivity index (χ3n) is 2.14. The number of carbonyl (C=O) groups is 1. The summed E-state index contributed by atoms with van der Waals surface area (Å²) in [5.41, 5.74) is 1.45. The Morgan fingerprint density at radius 2 is 2.07 bits per heavy atom. The summed E-state index contributed by atoms with van der Waals surface area (Å²) in [7, 11) is 0. The third-order valence-corrected chi connectivity index (χ3v) is 2.14. The molecule has 0 unspecified atom stereocenters. The van der Waals surface area contributed by atoms with Gasteiger partial charge in [-0.25, -0.2) is 4.79 Å². The number of rotatable bonds is 2. The fourth-order valence-electron chi connectivity index (χ4n) is 1.38. The van der Waals surface area contributed by atoms with Gasteiger partial charge >= 0.3 is 5.97 Å². The number of hydrogen-bond donors (Lipinski definition) is 3. The Labute approximate surface area is 85.8 Å². The van der Waals surface area contributed by atoms with Crippen LogP contribution in [0.5, 0.6) is 5.75 Å². The zero-order valence-corrected chi connectivity index (χ0v) is 7.77. The molecule has 0 atom stereocenters. The lowest BCUT2D eigenvalue weighted by Crippen LogP contribution is -1.96. The van der Waals surface area contributed by atoms with Crippen LogP contribution in [0.25, 0.3) is 11.3 Å². The van der Waals surface area contributed by atoms with Crippen LogP contribution in [0.2, 0.25) is 0 Å². The van der Waals surface area contributed by atoms with E-state index in [2.05, 4.69) is 4.98 Å². The fraction of sp³-hybridized carbons (Fsp3) is 0. The number of aromatic amines is 1. The van der Waals surface area contributed by atoms with E-state index in [1.807, 2.05) is 12.1 Å². The summed E-state index contributed by atoms with van der Waals surface area (Å²) in [4.78, 5) is 13.7. The zero-order valence-electron chi connectivity index (χ0n) is 7.77. The molecule has 3 N–H and O–H groups in total. The smallest absolute Gasteiger partial charge is 0.339 e. The minimum absolute atomic E-state index is 0.0953. The first kappa shape index (κ1) is 9.33. The second-order valence-corrected chi connectivity index (χ2v) is 3.12. The molecule has 0 spiro atoms. The number of carboxylic acid groups (broad SMARTS) is 1. The van der Waals surface area contributed by atoms with E-state index in [-0.39, 0.29) is 11.3 Å². The quantitative estimate of drug-likeness (QED) is 0.699. The molecule has 0 bridgehead atoms. The van der Waals surface area contributed by atoms with Crippen LogP contribution in [0.1, 0.15) is 10.4 Å². The van der Waals surface area contributed by atoms with E-state index in [4.69, 9.17) is 5.11 Å². The molecule has 0 amide bonds. The summed E-state index contributed by atoms with van der Waals surface area (Å²) in [5, 5.41) is 18.1. The van der Waals surface area contributed by atoms with E-state index in [0.717, 1.165) is 11.3 Å². The van der Waals surface area contributed by atoms with Crippen LogP contribution < -0.4 is 0 Å². The average molecular weight is 203 g/mol. The van der Waals surface area contributed by atoms with Crippen molar-refractivity contribution < 1.29 is 15.0 Å². The van der Waals surface area contributed by atoms with Crippen LogP contribution in [0, 0.1) is 0 Å². The molecule has 76 valence electrons. The van der Waals surface area contributed by atoms with Crippen LogP contribution >= 0.6 is 0 Å². The second kappa shape index (κ2) is 3.49. The lowest BCUT2D eigenvalue weighted by Gasteiger charge is -2.02. The number of phenols is 1. The fourth-order valence-corrected chi connectivity index (χ4v) is 1.38. The Kier molecular flexibility index (Phi) is 2.17. The van der Waals surface area contributed by atoms with Crippen molar-refractivity contribution in [1.82, 2.24) is 4.98 Å². The molecular weight excluding hydrogens is 194 g/mol. The monoisotopic (exact) mass is 203 g/mol. The van der Waals surface area contributed by atoms with Gasteiger partial charge in [0.25, 0.3) is 0 Å². The second-order valence-electron chi connectivity index (χ2n) is 3.12. The maximum Gasteiger partial charge on any atom is 0.339 e. The number of nitrogens with one attached hydrogen (secondary N) is 1. The van der Waals surface area contributed by atoms with Gasteiger partial charge in [-0.3, -0.25) is 0 Å². The number of H-pyrrole nitrogens is 1. The zero-order chi connectivity index (χ0) is 10.8. The summed E-state index contributed by atoms with van der Waals surface area (Å²) in [6.07, 6.45) is 1.75. The molecule has 4 heteroatoms. The van der Waals surface area contributed by atoms with Gasteiger partial charge in [-0.2, -0.15) is 0 Å². The van der Waals surface area contributed by atoms with E-state index in [9.17, 15) is 9.90 Å². The van der Waals surface area contributed by atoms with Crippen LogP contribution in [0.15, 0.2) is 36.5 Å². The Balaban J connectivity index is 2.52.